The minimum atomic E-state index is -0.317. The van der Waals surface area contributed by atoms with E-state index in [1.807, 2.05) is 54.3 Å². The molecular weight excluding hydrogens is 328 g/mol. The van der Waals surface area contributed by atoms with Crippen LogP contribution < -0.4 is 14.8 Å². The van der Waals surface area contributed by atoms with E-state index in [0.717, 1.165) is 17.7 Å². The Labute approximate surface area is 154 Å². The van der Waals surface area contributed by atoms with E-state index in [9.17, 15) is 4.79 Å². The van der Waals surface area contributed by atoms with Crippen molar-refractivity contribution in [2.75, 3.05) is 19.0 Å². The van der Waals surface area contributed by atoms with Gasteiger partial charge in [-0.3, -0.25) is 4.79 Å². The van der Waals surface area contributed by atoms with Gasteiger partial charge in [0.05, 0.1) is 19.3 Å². The van der Waals surface area contributed by atoms with Gasteiger partial charge in [0.15, 0.2) is 11.5 Å². The topological polar surface area (TPSA) is 50.8 Å². The standard InChI is InChI=1S/C21H26N2O3/c1-5-14(3)23-20(22-17-12-8-7-10-15(17)21(23)24)16-11-9-13-18(26-6-2)19(16)25-4/h7-14,20,22H,5-6H2,1-4H3/t14-,20+/m0/s1. The lowest BCUT2D eigenvalue weighted by Gasteiger charge is -2.42. The lowest BCUT2D eigenvalue weighted by molar-refractivity contribution is 0.0590. The number of nitrogens with one attached hydrogen (secondary N) is 1. The molecule has 5 heteroatoms. The maximum atomic E-state index is 13.2. The van der Waals surface area contributed by atoms with Gasteiger partial charge in [0.1, 0.15) is 6.17 Å². The van der Waals surface area contributed by atoms with Crippen LogP contribution in [-0.2, 0) is 0 Å². The number of ether oxygens (including phenoxy) is 2. The zero-order valence-corrected chi connectivity index (χ0v) is 15.8. The van der Waals surface area contributed by atoms with Crippen LogP contribution in [0.3, 0.4) is 0 Å². The Morgan fingerprint density at radius 3 is 2.62 bits per heavy atom. The Bertz CT molecular complexity index is 791. The van der Waals surface area contributed by atoms with Gasteiger partial charge in [0.25, 0.3) is 5.91 Å². The molecule has 1 N–H and O–H groups in total. The first-order valence-electron chi connectivity index (χ1n) is 9.10. The van der Waals surface area contributed by atoms with E-state index in [0.29, 0.717) is 23.7 Å². The van der Waals surface area contributed by atoms with E-state index < -0.39 is 0 Å². The van der Waals surface area contributed by atoms with E-state index in [4.69, 9.17) is 9.47 Å². The molecular formula is C21H26N2O3. The zero-order chi connectivity index (χ0) is 18.7. The quantitative estimate of drug-likeness (QED) is 0.832. The molecule has 2 aromatic rings. The van der Waals surface area contributed by atoms with Crippen LogP contribution in [-0.4, -0.2) is 30.6 Å². The summed E-state index contributed by atoms with van der Waals surface area (Å²) in [6, 6.07) is 13.5. The van der Waals surface area contributed by atoms with Crippen molar-refractivity contribution in [2.24, 2.45) is 0 Å². The van der Waals surface area contributed by atoms with Gasteiger partial charge in [0, 0.05) is 17.3 Å². The fourth-order valence-electron chi connectivity index (χ4n) is 3.38. The minimum Gasteiger partial charge on any atom is -0.492 e. The Morgan fingerprint density at radius 1 is 1.15 bits per heavy atom. The van der Waals surface area contributed by atoms with Crippen molar-refractivity contribution in [3.05, 3.63) is 53.6 Å². The maximum Gasteiger partial charge on any atom is 0.258 e. The molecule has 1 amide bonds. The summed E-state index contributed by atoms with van der Waals surface area (Å²) in [5.74, 6) is 1.37. The Hall–Kier alpha value is -2.69. The van der Waals surface area contributed by atoms with Crippen LogP contribution in [0.5, 0.6) is 11.5 Å². The highest BCUT2D eigenvalue weighted by molar-refractivity contribution is 6.02. The number of nitrogens with zero attached hydrogens (tertiary/aromatic N) is 1. The van der Waals surface area contributed by atoms with E-state index in [1.165, 1.54) is 0 Å². The molecule has 2 atom stereocenters. The molecule has 0 aliphatic carbocycles. The molecule has 0 aromatic heterocycles. The average molecular weight is 354 g/mol. The summed E-state index contributed by atoms with van der Waals surface area (Å²) >= 11 is 0. The molecule has 0 saturated heterocycles. The average Bonchev–Trinajstić information content (AvgIpc) is 2.67. The first-order valence-corrected chi connectivity index (χ1v) is 9.10. The fourth-order valence-corrected chi connectivity index (χ4v) is 3.38. The molecule has 0 fully saturated rings. The number of benzene rings is 2. The summed E-state index contributed by atoms with van der Waals surface area (Å²) in [7, 11) is 1.63. The Kier molecular flexibility index (Phi) is 5.35. The molecule has 1 aliphatic rings. The van der Waals surface area contributed by atoms with Crippen molar-refractivity contribution in [1.82, 2.24) is 4.90 Å². The Balaban J connectivity index is 2.13. The minimum absolute atomic E-state index is 0.0302. The van der Waals surface area contributed by atoms with Gasteiger partial charge in [0.2, 0.25) is 0 Å². The van der Waals surface area contributed by atoms with Crippen molar-refractivity contribution >= 4 is 11.6 Å². The van der Waals surface area contributed by atoms with Crippen molar-refractivity contribution < 1.29 is 14.3 Å². The smallest absolute Gasteiger partial charge is 0.258 e. The van der Waals surface area contributed by atoms with Crippen molar-refractivity contribution in [3.8, 4) is 11.5 Å². The molecule has 5 nitrogen and oxygen atoms in total. The van der Waals surface area contributed by atoms with Gasteiger partial charge < -0.3 is 19.7 Å². The lowest BCUT2D eigenvalue weighted by atomic mass is 10.00. The summed E-state index contributed by atoms with van der Waals surface area (Å²) in [5, 5.41) is 3.52. The first kappa shape index (κ1) is 18.1. The highest BCUT2D eigenvalue weighted by Gasteiger charge is 2.37. The molecule has 0 unspecified atom stereocenters. The van der Waals surface area contributed by atoms with Gasteiger partial charge in [-0.15, -0.1) is 0 Å². The number of para-hydroxylation sites is 2. The normalized spacial score (nSPS) is 17.3. The van der Waals surface area contributed by atoms with Crippen LogP contribution in [0.2, 0.25) is 0 Å². The second-order valence-corrected chi connectivity index (χ2v) is 6.37. The molecule has 1 aliphatic heterocycles. The first-order chi connectivity index (χ1) is 12.6. The third-order valence-electron chi connectivity index (χ3n) is 4.84. The summed E-state index contributed by atoms with van der Waals surface area (Å²) in [4.78, 5) is 15.1. The van der Waals surface area contributed by atoms with Gasteiger partial charge in [-0.05, 0) is 38.5 Å². The van der Waals surface area contributed by atoms with Crippen molar-refractivity contribution in [1.29, 1.82) is 0 Å². The molecule has 3 rings (SSSR count). The molecule has 0 spiro atoms. The maximum absolute atomic E-state index is 13.2. The number of rotatable bonds is 6. The van der Waals surface area contributed by atoms with Gasteiger partial charge in [-0.2, -0.15) is 0 Å². The molecule has 0 saturated carbocycles. The molecule has 0 bridgehead atoms. The predicted molar refractivity (Wildman–Crippen MR) is 103 cm³/mol. The molecule has 2 aromatic carbocycles. The number of fused-ring (bicyclic) bond motifs is 1. The fraction of sp³-hybridized carbons (Fsp3) is 0.381. The number of amides is 1. The van der Waals surface area contributed by atoms with Gasteiger partial charge in [-0.25, -0.2) is 0 Å². The van der Waals surface area contributed by atoms with Crippen LogP contribution in [0.1, 0.15) is 49.3 Å². The number of carbonyl (C=O) groups is 1. The third-order valence-corrected chi connectivity index (χ3v) is 4.84. The van der Waals surface area contributed by atoms with Crippen LogP contribution in [0.25, 0.3) is 0 Å². The van der Waals surface area contributed by atoms with E-state index >= 15 is 0 Å². The van der Waals surface area contributed by atoms with Gasteiger partial charge in [-0.1, -0.05) is 31.2 Å². The monoisotopic (exact) mass is 354 g/mol. The van der Waals surface area contributed by atoms with Crippen LogP contribution >= 0.6 is 0 Å². The second kappa shape index (κ2) is 7.68. The number of hydrogen-bond acceptors (Lipinski definition) is 4. The SMILES string of the molecule is CCOc1cccc([C@@H]2Nc3ccccc3C(=O)N2[C@@H](C)CC)c1OC. The van der Waals surface area contributed by atoms with Gasteiger partial charge >= 0.3 is 0 Å². The highest BCUT2D eigenvalue weighted by atomic mass is 16.5. The number of hydrogen-bond donors (Lipinski definition) is 1. The molecule has 26 heavy (non-hydrogen) atoms. The second-order valence-electron chi connectivity index (χ2n) is 6.37. The number of methoxy groups -OCH3 is 1. The van der Waals surface area contributed by atoms with E-state index in [-0.39, 0.29) is 18.1 Å². The van der Waals surface area contributed by atoms with Crippen molar-refractivity contribution in [3.63, 3.8) is 0 Å². The zero-order valence-electron chi connectivity index (χ0n) is 15.8. The summed E-state index contributed by atoms with van der Waals surface area (Å²) in [6.07, 6.45) is 0.544. The van der Waals surface area contributed by atoms with Crippen LogP contribution in [0.4, 0.5) is 5.69 Å². The third kappa shape index (κ3) is 3.09. The number of anilines is 1. The largest absolute Gasteiger partial charge is 0.492 e. The van der Waals surface area contributed by atoms with E-state index in [1.54, 1.807) is 7.11 Å². The van der Waals surface area contributed by atoms with Crippen LogP contribution in [0, 0.1) is 0 Å². The molecule has 1 heterocycles. The van der Waals surface area contributed by atoms with Crippen LogP contribution in [0.15, 0.2) is 42.5 Å². The van der Waals surface area contributed by atoms with E-state index in [2.05, 4.69) is 19.2 Å². The molecule has 138 valence electrons. The highest BCUT2D eigenvalue weighted by Crippen LogP contribution is 2.41. The lowest BCUT2D eigenvalue weighted by Crippen LogP contribution is -2.47. The summed E-state index contributed by atoms with van der Waals surface area (Å²) in [5.41, 5.74) is 2.43. The summed E-state index contributed by atoms with van der Waals surface area (Å²) in [6.45, 7) is 6.65. The predicted octanol–water partition coefficient (Wildman–Crippen LogP) is 4.46. The Morgan fingerprint density at radius 2 is 1.92 bits per heavy atom. The summed E-state index contributed by atoms with van der Waals surface area (Å²) < 4.78 is 11.4. The molecule has 0 radical (unpaired) electrons. The van der Waals surface area contributed by atoms with Crippen molar-refractivity contribution in [2.45, 2.75) is 39.4 Å². The number of carbonyl (C=O) groups excluding carboxylic acids is 1.